The minimum Gasteiger partial charge on any atom is -0.481 e. The van der Waals surface area contributed by atoms with Crippen LogP contribution in [0.25, 0.3) is 0 Å². The van der Waals surface area contributed by atoms with E-state index >= 15 is 0 Å². The zero-order valence-corrected chi connectivity index (χ0v) is 15.4. The van der Waals surface area contributed by atoms with Gasteiger partial charge in [0.25, 0.3) is 0 Å². The third kappa shape index (κ3) is 5.42. The Balaban J connectivity index is 2.04. The summed E-state index contributed by atoms with van der Waals surface area (Å²) in [5.74, 6) is -1.66. The molecule has 0 aliphatic carbocycles. The number of carboxylic acids is 1. The molecule has 26 heavy (non-hydrogen) atoms. The standard InChI is InChI=1S/C19H21NO5S/c1-13(19(22)23)11-14-7-9-16(10-8-14)20-18(21)12-15-5-3-4-6-17(15)26(2,24)25/h3-10,13H,11-12H2,1-2H3,(H,20,21)(H,22,23). The summed E-state index contributed by atoms with van der Waals surface area (Å²) >= 11 is 0. The number of aliphatic carboxylic acids is 1. The molecule has 2 N–H and O–H groups in total. The predicted octanol–water partition coefficient (Wildman–Crippen LogP) is 2.53. The van der Waals surface area contributed by atoms with Gasteiger partial charge in [-0.05, 0) is 35.7 Å². The van der Waals surface area contributed by atoms with Crippen LogP contribution in [0, 0.1) is 5.92 Å². The van der Waals surface area contributed by atoms with Gasteiger partial charge in [0, 0.05) is 11.9 Å². The second-order valence-corrected chi connectivity index (χ2v) is 8.23. The van der Waals surface area contributed by atoms with Crippen molar-refractivity contribution in [3.8, 4) is 0 Å². The van der Waals surface area contributed by atoms with E-state index in [0.717, 1.165) is 11.8 Å². The van der Waals surface area contributed by atoms with Gasteiger partial charge >= 0.3 is 5.97 Å². The summed E-state index contributed by atoms with van der Waals surface area (Å²) in [5, 5.41) is 11.7. The molecule has 1 unspecified atom stereocenters. The molecule has 0 heterocycles. The summed E-state index contributed by atoms with van der Waals surface area (Å²) in [6.07, 6.45) is 1.47. The first-order valence-corrected chi connectivity index (χ1v) is 9.95. The van der Waals surface area contributed by atoms with Crippen LogP contribution in [-0.4, -0.2) is 31.7 Å². The van der Waals surface area contributed by atoms with Crippen LogP contribution in [0.2, 0.25) is 0 Å². The number of hydrogen-bond acceptors (Lipinski definition) is 4. The average molecular weight is 375 g/mol. The Labute approximate surface area is 152 Å². The number of carbonyl (C=O) groups excluding carboxylic acids is 1. The van der Waals surface area contributed by atoms with Gasteiger partial charge < -0.3 is 10.4 Å². The van der Waals surface area contributed by atoms with E-state index < -0.39 is 21.7 Å². The fraction of sp³-hybridized carbons (Fsp3) is 0.263. The molecule has 1 amide bonds. The Kier molecular flexibility index (Phi) is 6.15. The number of hydrogen-bond donors (Lipinski definition) is 2. The van der Waals surface area contributed by atoms with Crippen LogP contribution in [0.5, 0.6) is 0 Å². The highest BCUT2D eigenvalue weighted by Crippen LogP contribution is 2.17. The van der Waals surface area contributed by atoms with Crippen molar-refractivity contribution in [1.82, 2.24) is 0 Å². The molecule has 138 valence electrons. The molecule has 1 atom stereocenters. The number of nitrogens with one attached hydrogen (secondary N) is 1. The second kappa shape index (κ2) is 8.14. The number of anilines is 1. The van der Waals surface area contributed by atoms with Crippen LogP contribution >= 0.6 is 0 Å². The first-order chi connectivity index (χ1) is 12.2. The predicted molar refractivity (Wildman–Crippen MR) is 98.8 cm³/mol. The van der Waals surface area contributed by atoms with E-state index in [1.807, 2.05) is 0 Å². The van der Waals surface area contributed by atoms with Crippen molar-refractivity contribution < 1.29 is 23.1 Å². The van der Waals surface area contributed by atoms with E-state index in [4.69, 9.17) is 5.11 Å². The number of rotatable bonds is 7. The SMILES string of the molecule is CC(Cc1ccc(NC(=O)Cc2ccccc2S(C)(=O)=O)cc1)C(=O)O. The van der Waals surface area contributed by atoms with Crippen LogP contribution in [-0.2, 0) is 32.3 Å². The molecule has 7 heteroatoms. The van der Waals surface area contributed by atoms with Crippen molar-refractivity contribution in [1.29, 1.82) is 0 Å². The lowest BCUT2D eigenvalue weighted by Gasteiger charge is -2.10. The minimum absolute atomic E-state index is 0.0545. The second-order valence-electron chi connectivity index (χ2n) is 6.25. The van der Waals surface area contributed by atoms with Gasteiger partial charge in [0.05, 0.1) is 17.2 Å². The van der Waals surface area contributed by atoms with Gasteiger partial charge in [-0.1, -0.05) is 37.3 Å². The lowest BCUT2D eigenvalue weighted by atomic mass is 10.0. The molecule has 2 aromatic carbocycles. The van der Waals surface area contributed by atoms with Gasteiger partial charge in [0.2, 0.25) is 5.91 Å². The number of carboxylic acid groups (broad SMARTS) is 1. The summed E-state index contributed by atoms with van der Waals surface area (Å²) in [7, 11) is -3.40. The smallest absolute Gasteiger partial charge is 0.306 e. The molecule has 0 aliphatic rings. The monoisotopic (exact) mass is 375 g/mol. The van der Waals surface area contributed by atoms with Crippen LogP contribution in [0.15, 0.2) is 53.4 Å². The molecule has 2 aromatic rings. The Morgan fingerprint density at radius 2 is 1.69 bits per heavy atom. The minimum atomic E-state index is -3.40. The molecule has 0 saturated heterocycles. The molecular weight excluding hydrogens is 354 g/mol. The Bertz CT molecular complexity index is 904. The quantitative estimate of drug-likeness (QED) is 0.774. The van der Waals surface area contributed by atoms with Gasteiger partial charge in [-0.25, -0.2) is 8.42 Å². The van der Waals surface area contributed by atoms with E-state index in [-0.39, 0.29) is 17.2 Å². The Morgan fingerprint density at radius 1 is 1.08 bits per heavy atom. The summed E-state index contributed by atoms with van der Waals surface area (Å²) in [6, 6.07) is 13.3. The molecular formula is C19H21NO5S. The Morgan fingerprint density at radius 3 is 2.27 bits per heavy atom. The summed E-state index contributed by atoms with van der Waals surface area (Å²) in [4.78, 5) is 23.3. The zero-order chi connectivity index (χ0) is 19.3. The highest BCUT2D eigenvalue weighted by atomic mass is 32.2. The van der Waals surface area contributed by atoms with Crippen molar-refractivity contribution in [2.75, 3.05) is 11.6 Å². The van der Waals surface area contributed by atoms with Crippen LogP contribution in [0.1, 0.15) is 18.1 Å². The first kappa shape index (κ1) is 19.7. The molecule has 0 radical (unpaired) electrons. The van der Waals surface area contributed by atoms with Crippen molar-refractivity contribution in [2.24, 2.45) is 5.92 Å². The maximum absolute atomic E-state index is 12.2. The largest absolute Gasteiger partial charge is 0.481 e. The number of amides is 1. The molecule has 2 rings (SSSR count). The average Bonchev–Trinajstić information content (AvgIpc) is 2.56. The summed E-state index contributed by atoms with van der Waals surface area (Å²) in [6.45, 7) is 1.64. The number of carbonyl (C=O) groups is 2. The van der Waals surface area contributed by atoms with Gasteiger partial charge in [-0.15, -0.1) is 0 Å². The van der Waals surface area contributed by atoms with Gasteiger partial charge in [-0.2, -0.15) is 0 Å². The lowest BCUT2D eigenvalue weighted by molar-refractivity contribution is -0.141. The van der Waals surface area contributed by atoms with Crippen molar-refractivity contribution in [3.05, 3.63) is 59.7 Å². The third-order valence-electron chi connectivity index (χ3n) is 3.92. The van der Waals surface area contributed by atoms with Crippen LogP contribution in [0.3, 0.4) is 0 Å². The fourth-order valence-electron chi connectivity index (χ4n) is 2.55. The maximum atomic E-state index is 12.2. The van der Waals surface area contributed by atoms with E-state index in [9.17, 15) is 18.0 Å². The molecule has 0 saturated carbocycles. The number of benzene rings is 2. The van der Waals surface area contributed by atoms with Crippen LogP contribution in [0.4, 0.5) is 5.69 Å². The van der Waals surface area contributed by atoms with E-state index in [1.54, 1.807) is 49.4 Å². The third-order valence-corrected chi connectivity index (χ3v) is 5.12. The molecule has 0 spiro atoms. The van der Waals surface area contributed by atoms with Crippen molar-refractivity contribution in [3.63, 3.8) is 0 Å². The fourth-order valence-corrected chi connectivity index (χ4v) is 3.50. The molecule has 0 aliphatic heterocycles. The Hall–Kier alpha value is -2.67. The summed E-state index contributed by atoms with van der Waals surface area (Å²) < 4.78 is 23.6. The highest BCUT2D eigenvalue weighted by molar-refractivity contribution is 7.90. The van der Waals surface area contributed by atoms with Gasteiger partial charge in [-0.3, -0.25) is 9.59 Å². The van der Waals surface area contributed by atoms with E-state index in [1.165, 1.54) is 6.07 Å². The molecule has 0 fully saturated rings. The molecule has 6 nitrogen and oxygen atoms in total. The maximum Gasteiger partial charge on any atom is 0.306 e. The molecule has 0 bridgehead atoms. The van der Waals surface area contributed by atoms with Crippen molar-refractivity contribution in [2.45, 2.75) is 24.7 Å². The lowest BCUT2D eigenvalue weighted by Crippen LogP contribution is -2.16. The first-order valence-electron chi connectivity index (χ1n) is 8.06. The summed E-state index contributed by atoms with van der Waals surface area (Å²) in [5.41, 5.74) is 1.87. The van der Waals surface area contributed by atoms with E-state index in [0.29, 0.717) is 17.7 Å². The highest BCUT2D eigenvalue weighted by Gasteiger charge is 2.15. The zero-order valence-electron chi connectivity index (χ0n) is 14.6. The molecule has 0 aromatic heterocycles. The van der Waals surface area contributed by atoms with Crippen molar-refractivity contribution >= 4 is 27.4 Å². The number of sulfone groups is 1. The van der Waals surface area contributed by atoms with E-state index in [2.05, 4.69) is 5.32 Å². The van der Waals surface area contributed by atoms with Gasteiger partial charge in [0.1, 0.15) is 0 Å². The van der Waals surface area contributed by atoms with Crippen LogP contribution < -0.4 is 5.32 Å². The normalized spacial score (nSPS) is 12.4. The topological polar surface area (TPSA) is 101 Å². The van der Waals surface area contributed by atoms with Gasteiger partial charge in [0.15, 0.2) is 9.84 Å².